The number of aryl methyl sites for hydroxylation is 2. The first-order valence-electron chi connectivity index (χ1n) is 10.1. The van der Waals surface area contributed by atoms with Crippen LogP contribution in [0.2, 0.25) is 0 Å². The van der Waals surface area contributed by atoms with Gasteiger partial charge in [-0.25, -0.2) is 8.42 Å². The van der Waals surface area contributed by atoms with Crippen molar-refractivity contribution in [3.63, 3.8) is 0 Å². The van der Waals surface area contributed by atoms with Gasteiger partial charge in [0.15, 0.2) is 0 Å². The largest absolute Gasteiger partial charge is 0.343 e. The number of carbonyl (C=O) groups excluding carboxylic acids is 1. The van der Waals surface area contributed by atoms with Gasteiger partial charge in [-0.2, -0.15) is 4.31 Å². The Morgan fingerprint density at radius 2 is 1.64 bits per heavy atom. The highest BCUT2D eigenvalue weighted by atomic mass is 32.2. The first-order valence-corrected chi connectivity index (χ1v) is 11.5. The quantitative estimate of drug-likeness (QED) is 0.662. The lowest BCUT2D eigenvalue weighted by Gasteiger charge is -2.32. The van der Waals surface area contributed by atoms with Gasteiger partial charge in [-0.3, -0.25) is 4.79 Å². The molecule has 1 aromatic carbocycles. The molecule has 0 radical (unpaired) electrons. The molecule has 0 aromatic heterocycles. The van der Waals surface area contributed by atoms with E-state index in [1.165, 1.54) is 39.2 Å². The third-order valence-corrected chi connectivity index (χ3v) is 7.76. The van der Waals surface area contributed by atoms with Crippen LogP contribution in [-0.2, 0) is 14.8 Å². The number of sulfonamides is 1. The lowest BCUT2D eigenvalue weighted by molar-refractivity contribution is -0.130. The summed E-state index contributed by atoms with van der Waals surface area (Å²) < 4.78 is 26.7. The molecule has 0 aliphatic heterocycles. The van der Waals surface area contributed by atoms with Gasteiger partial charge in [-0.05, 0) is 57.0 Å². The Hall–Kier alpha value is -1.44. The van der Waals surface area contributed by atoms with Crippen molar-refractivity contribution in [1.82, 2.24) is 14.1 Å². The summed E-state index contributed by atoms with van der Waals surface area (Å²) >= 11 is 0. The van der Waals surface area contributed by atoms with E-state index in [9.17, 15) is 13.2 Å². The molecule has 1 aliphatic carbocycles. The smallest absolute Gasteiger partial charge is 0.243 e. The highest BCUT2D eigenvalue weighted by molar-refractivity contribution is 7.89. The highest BCUT2D eigenvalue weighted by Crippen LogP contribution is 2.21. The number of carbonyl (C=O) groups is 1. The van der Waals surface area contributed by atoms with Gasteiger partial charge in [0, 0.05) is 33.2 Å². The van der Waals surface area contributed by atoms with Gasteiger partial charge < -0.3 is 9.80 Å². The Morgan fingerprint density at radius 3 is 2.25 bits per heavy atom. The molecular formula is C21H35N3O3S. The van der Waals surface area contributed by atoms with E-state index in [2.05, 4.69) is 11.9 Å². The minimum absolute atomic E-state index is 0.154. The summed E-state index contributed by atoms with van der Waals surface area (Å²) in [6.07, 6.45) is 6.34. The zero-order chi connectivity index (χ0) is 20.9. The number of nitrogens with zero attached hydrogens (tertiary/aromatic N) is 3. The minimum Gasteiger partial charge on any atom is -0.343 e. The average molecular weight is 410 g/mol. The SMILES string of the molecule is Cc1ccc(S(=O)(=O)N(C)CC(=O)N(C)CCN(C)C2CCCCC2)cc1C. The lowest BCUT2D eigenvalue weighted by Crippen LogP contribution is -2.43. The van der Waals surface area contributed by atoms with Gasteiger partial charge >= 0.3 is 0 Å². The maximum absolute atomic E-state index is 12.8. The summed E-state index contributed by atoms with van der Waals surface area (Å²) in [5, 5.41) is 0. The van der Waals surface area contributed by atoms with E-state index in [-0.39, 0.29) is 17.3 Å². The van der Waals surface area contributed by atoms with Gasteiger partial charge in [-0.1, -0.05) is 25.3 Å². The second kappa shape index (κ2) is 9.85. The van der Waals surface area contributed by atoms with Crippen molar-refractivity contribution in [1.29, 1.82) is 0 Å². The fourth-order valence-corrected chi connectivity index (χ4v) is 4.79. The van der Waals surface area contributed by atoms with Gasteiger partial charge in [0.25, 0.3) is 0 Å². The van der Waals surface area contributed by atoms with Gasteiger partial charge in [0.2, 0.25) is 15.9 Å². The zero-order valence-corrected chi connectivity index (χ0v) is 18.8. The van der Waals surface area contributed by atoms with E-state index in [0.717, 1.165) is 22.0 Å². The number of amides is 1. The maximum Gasteiger partial charge on any atom is 0.243 e. The summed E-state index contributed by atoms with van der Waals surface area (Å²) in [5.41, 5.74) is 1.96. The fraction of sp³-hybridized carbons (Fsp3) is 0.667. The third kappa shape index (κ3) is 5.78. The molecule has 2 rings (SSSR count). The number of rotatable bonds is 8. The Labute approximate surface area is 170 Å². The Balaban J connectivity index is 1.90. The molecule has 158 valence electrons. The molecule has 1 aromatic rings. The van der Waals surface area contributed by atoms with E-state index >= 15 is 0 Å². The molecule has 7 heteroatoms. The monoisotopic (exact) mass is 409 g/mol. The molecule has 0 unspecified atom stereocenters. The van der Waals surface area contributed by atoms with Crippen molar-refractivity contribution in [2.75, 3.05) is 40.8 Å². The first-order chi connectivity index (χ1) is 13.1. The highest BCUT2D eigenvalue weighted by Gasteiger charge is 2.25. The van der Waals surface area contributed by atoms with E-state index < -0.39 is 10.0 Å². The van der Waals surface area contributed by atoms with Crippen molar-refractivity contribution >= 4 is 15.9 Å². The van der Waals surface area contributed by atoms with Crippen molar-refractivity contribution < 1.29 is 13.2 Å². The van der Waals surface area contributed by atoms with Crippen LogP contribution in [0.4, 0.5) is 0 Å². The van der Waals surface area contributed by atoms with Crippen molar-refractivity contribution in [3.05, 3.63) is 29.3 Å². The van der Waals surface area contributed by atoms with Crippen LogP contribution in [0.25, 0.3) is 0 Å². The van der Waals surface area contributed by atoms with E-state index in [4.69, 9.17) is 0 Å². The standard InChI is InChI=1S/C21H35N3O3S/c1-17-11-12-20(15-18(17)2)28(26,27)24(5)16-21(25)23(4)14-13-22(3)19-9-7-6-8-10-19/h11-12,15,19H,6-10,13-14,16H2,1-5H3. The number of benzene rings is 1. The van der Waals surface area contributed by atoms with Crippen LogP contribution in [0.3, 0.4) is 0 Å². The molecule has 1 fully saturated rings. The maximum atomic E-state index is 12.8. The first kappa shape index (κ1) is 22.8. The predicted molar refractivity (Wildman–Crippen MR) is 113 cm³/mol. The number of likely N-dealkylation sites (N-methyl/N-ethyl adjacent to an activating group) is 3. The van der Waals surface area contributed by atoms with Crippen molar-refractivity contribution in [2.24, 2.45) is 0 Å². The molecule has 0 bridgehead atoms. The minimum atomic E-state index is -3.68. The van der Waals surface area contributed by atoms with Crippen molar-refractivity contribution in [3.8, 4) is 0 Å². The third-order valence-electron chi connectivity index (χ3n) is 5.96. The molecule has 1 aliphatic rings. The van der Waals surface area contributed by atoms with Crippen LogP contribution in [0.15, 0.2) is 23.1 Å². The summed E-state index contributed by atoms with van der Waals surface area (Å²) in [6.45, 7) is 5.08. The average Bonchev–Trinajstić information content (AvgIpc) is 2.68. The van der Waals surface area contributed by atoms with Gasteiger partial charge in [-0.15, -0.1) is 0 Å². The second-order valence-electron chi connectivity index (χ2n) is 8.09. The zero-order valence-electron chi connectivity index (χ0n) is 17.9. The van der Waals surface area contributed by atoms with E-state index in [1.54, 1.807) is 30.1 Å². The van der Waals surface area contributed by atoms with E-state index in [1.807, 2.05) is 13.8 Å². The molecule has 1 saturated carbocycles. The van der Waals surface area contributed by atoms with Crippen LogP contribution in [-0.4, -0.2) is 75.2 Å². The van der Waals surface area contributed by atoms with Gasteiger partial charge in [0.1, 0.15) is 0 Å². The summed E-state index contributed by atoms with van der Waals surface area (Å²) in [5.74, 6) is -0.188. The Kier molecular flexibility index (Phi) is 8.04. The lowest BCUT2D eigenvalue weighted by atomic mass is 9.94. The fourth-order valence-electron chi connectivity index (χ4n) is 3.59. The normalized spacial score (nSPS) is 16.0. The van der Waals surface area contributed by atoms with Crippen molar-refractivity contribution in [2.45, 2.75) is 56.9 Å². The van der Waals surface area contributed by atoms with Crippen LogP contribution < -0.4 is 0 Å². The molecule has 0 spiro atoms. The molecular weight excluding hydrogens is 374 g/mol. The molecule has 0 N–H and O–H groups in total. The second-order valence-corrected chi connectivity index (χ2v) is 10.1. The van der Waals surface area contributed by atoms with E-state index in [0.29, 0.717) is 12.6 Å². The molecule has 1 amide bonds. The number of hydrogen-bond donors (Lipinski definition) is 0. The van der Waals surface area contributed by atoms with Crippen LogP contribution in [0, 0.1) is 13.8 Å². The van der Waals surface area contributed by atoms with Crippen LogP contribution >= 0.6 is 0 Å². The summed E-state index contributed by atoms with van der Waals surface area (Å²) in [4.78, 5) is 16.7. The molecule has 0 atom stereocenters. The molecule has 0 heterocycles. The van der Waals surface area contributed by atoms with Crippen LogP contribution in [0.5, 0.6) is 0 Å². The number of hydrogen-bond acceptors (Lipinski definition) is 4. The summed E-state index contributed by atoms with van der Waals surface area (Å²) in [6, 6.07) is 5.66. The van der Waals surface area contributed by atoms with Gasteiger partial charge in [0.05, 0.1) is 11.4 Å². The molecule has 0 saturated heterocycles. The topological polar surface area (TPSA) is 60.9 Å². The molecule has 28 heavy (non-hydrogen) atoms. The summed E-state index contributed by atoms with van der Waals surface area (Å²) in [7, 11) is 1.64. The Bertz CT molecular complexity index is 773. The predicted octanol–water partition coefficient (Wildman–Crippen LogP) is 2.65. The van der Waals surface area contributed by atoms with Crippen LogP contribution in [0.1, 0.15) is 43.2 Å². The Morgan fingerprint density at radius 1 is 1.00 bits per heavy atom. The molecule has 6 nitrogen and oxygen atoms in total.